The average Bonchev–Trinajstić information content (AvgIpc) is 3.21. The summed E-state index contributed by atoms with van der Waals surface area (Å²) in [6.45, 7) is 9.41. The lowest BCUT2D eigenvalue weighted by atomic mass is 9.89. The number of carbonyl (C=O) groups is 1. The molecule has 1 atom stereocenters. The number of amides is 1. The van der Waals surface area contributed by atoms with Crippen molar-refractivity contribution in [2.24, 2.45) is 5.92 Å². The number of hydrogen-bond donors (Lipinski definition) is 2. The third-order valence-corrected chi connectivity index (χ3v) is 6.06. The number of aliphatic hydroxyl groups is 1. The van der Waals surface area contributed by atoms with Crippen molar-refractivity contribution >= 4 is 5.91 Å². The van der Waals surface area contributed by atoms with Crippen molar-refractivity contribution in [1.82, 2.24) is 20.1 Å². The number of aromatic nitrogens is 1. The summed E-state index contributed by atoms with van der Waals surface area (Å²) in [5.41, 5.74) is 0.375. The molecule has 0 spiro atoms. The van der Waals surface area contributed by atoms with E-state index in [4.69, 9.17) is 4.42 Å². The van der Waals surface area contributed by atoms with Crippen LogP contribution in [0.5, 0.6) is 0 Å². The number of aliphatic hydroxyl groups excluding tert-OH is 1. The van der Waals surface area contributed by atoms with Crippen LogP contribution in [0.25, 0.3) is 0 Å². The van der Waals surface area contributed by atoms with Gasteiger partial charge in [0.05, 0.1) is 12.6 Å². The molecule has 7 heteroatoms. The second-order valence-corrected chi connectivity index (χ2v) is 8.44. The van der Waals surface area contributed by atoms with Crippen LogP contribution in [-0.2, 0) is 6.54 Å². The molecule has 162 valence electrons. The van der Waals surface area contributed by atoms with Gasteiger partial charge in [-0.15, -0.1) is 6.58 Å². The standard InChI is InChI=1S/C22H36N4O3/c1-2-3-9-19(27)15-25-10-12-26(13-11-25)16-21-24-20(17-29-21)22(28)23-14-18-7-5-4-6-8-18/h2,17-19,27H,1,3-16H2,(H,23,28)/t19-/m0/s1. The fourth-order valence-corrected chi connectivity index (χ4v) is 4.23. The molecule has 1 aliphatic carbocycles. The van der Waals surface area contributed by atoms with Gasteiger partial charge in [0.2, 0.25) is 5.89 Å². The highest BCUT2D eigenvalue weighted by molar-refractivity contribution is 5.91. The van der Waals surface area contributed by atoms with Gasteiger partial charge in [-0.25, -0.2) is 4.98 Å². The van der Waals surface area contributed by atoms with Crippen LogP contribution >= 0.6 is 0 Å². The Morgan fingerprint density at radius 3 is 2.72 bits per heavy atom. The molecule has 29 heavy (non-hydrogen) atoms. The van der Waals surface area contributed by atoms with Gasteiger partial charge in [-0.1, -0.05) is 25.3 Å². The van der Waals surface area contributed by atoms with Crippen molar-refractivity contribution in [1.29, 1.82) is 0 Å². The molecular weight excluding hydrogens is 368 g/mol. The molecular formula is C22H36N4O3. The zero-order valence-corrected chi connectivity index (χ0v) is 17.5. The molecule has 1 amide bonds. The number of oxazole rings is 1. The first-order valence-electron chi connectivity index (χ1n) is 11.1. The van der Waals surface area contributed by atoms with E-state index in [1.165, 1.54) is 38.4 Å². The van der Waals surface area contributed by atoms with Gasteiger partial charge >= 0.3 is 0 Å². The second-order valence-electron chi connectivity index (χ2n) is 8.44. The van der Waals surface area contributed by atoms with Gasteiger partial charge in [0, 0.05) is 39.3 Å². The van der Waals surface area contributed by atoms with Crippen LogP contribution in [0.1, 0.15) is 61.3 Å². The number of allylic oxidation sites excluding steroid dienone is 1. The number of carbonyl (C=O) groups excluding carboxylic acids is 1. The van der Waals surface area contributed by atoms with E-state index >= 15 is 0 Å². The first-order chi connectivity index (χ1) is 14.1. The maximum absolute atomic E-state index is 12.3. The Labute approximate surface area is 174 Å². The molecule has 0 radical (unpaired) electrons. The normalized spacial score (nSPS) is 20.4. The third-order valence-electron chi connectivity index (χ3n) is 6.06. The summed E-state index contributed by atoms with van der Waals surface area (Å²) in [5, 5.41) is 13.1. The molecule has 1 aliphatic heterocycles. The topological polar surface area (TPSA) is 81.8 Å². The molecule has 2 aliphatic rings. The molecule has 7 nitrogen and oxygen atoms in total. The lowest BCUT2D eigenvalue weighted by Crippen LogP contribution is -2.48. The molecule has 0 unspecified atom stereocenters. The van der Waals surface area contributed by atoms with Crippen LogP contribution in [0.2, 0.25) is 0 Å². The van der Waals surface area contributed by atoms with Crippen molar-refractivity contribution in [2.75, 3.05) is 39.3 Å². The van der Waals surface area contributed by atoms with Crippen molar-refractivity contribution in [3.8, 4) is 0 Å². The summed E-state index contributed by atoms with van der Waals surface area (Å²) in [4.78, 5) is 21.3. The predicted molar refractivity (Wildman–Crippen MR) is 113 cm³/mol. The molecule has 1 aromatic rings. The summed E-state index contributed by atoms with van der Waals surface area (Å²) in [6.07, 6.45) is 10.9. The summed E-state index contributed by atoms with van der Waals surface area (Å²) < 4.78 is 5.54. The lowest BCUT2D eigenvalue weighted by molar-refractivity contribution is 0.0642. The minimum Gasteiger partial charge on any atom is -0.447 e. The van der Waals surface area contributed by atoms with Crippen molar-refractivity contribution in [3.63, 3.8) is 0 Å². The van der Waals surface area contributed by atoms with Crippen LogP contribution in [0.3, 0.4) is 0 Å². The molecule has 2 heterocycles. The Kier molecular flexibility index (Phi) is 8.70. The summed E-state index contributed by atoms with van der Waals surface area (Å²) in [6, 6.07) is 0. The Morgan fingerprint density at radius 2 is 2.00 bits per heavy atom. The smallest absolute Gasteiger partial charge is 0.273 e. The number of β-amino-alcohol motifs (C(OH)–C–C–N with tert-alkyl or cyclic N) is 1. The van der Waals surface area contributed by atoms with Crippen LogP contribution in [0.15, 0.2) is 23.3 Å². The fraction of sp³-hybridized carbons (Fsp3) is 0.727. The van der Waals surface area contributed by atoms with Gasteiger partial charge in [0.25, 0.3) is 5.91 Å². The van der Waals surface area contributed by atoms with E-state index in [2.05, 4.69) is 26.7 Å². The predicted octanol–water partition coefficient (Wildman–Crippen LogP) is 2.43. The Morgan fingerprint density at radius 1 is 1.28 bits per heavy atom. The van der Waals surface area contributed by atoms with E-state index < -0.39 is 0 Å². The number of piperazine rings is 1. The first-order valence-corrected chi connectivity index (χ1v) is 11.1. The SMILES string of the molecule is C=CCC[C@H](O)CN1CCN(Cc2nc(C(=O)NCC3CCCCC3)co2)CC1. The van der Waals surface area contributed by atoms with Crippen LogP contribution in [0, 0.1) is 5.92 Å². The zero-order valence-electron chi connectivity index (χ0n) is 17.5. The third kappa shape index (κ3) is 7.24. The number of hydrogen-bond acceptors (Lipinski definition) is 6. The highest BCUT2D eigenvalue weighted by atomic mass is 16.3. The molecule has 0 aromatic carbocycles. The second kappa shape index (κ2) is 11.5. The van der Waals surface area contributed by atoms with Gasteiger partial charge in [-0.2, -0.15) is 0 Å². The maximum Gasteiger partial charge on any atom is 0.273 e. The highest BCUT2D eigenvalue weighted by Crippen LogP contribution is 2.22. The van der Waals surface area contributed by atoms with E-state index in [0.29, 0.717) is 30.6 Å². The van der Waals surface area contributed by atoms with E-state index in [0.717, 1.165) is 45.6 Å². The lowest BCUT2D eigenvalue weighted by Gasteiger charge is -2.34. The maximum atomic E-state index is 12.3. The van der Waals surface area contributed by atoms with Gasteiger partial charge in [-0.3, -0.25) is 14.6 Å². The van der Waals surface area contributed by atoms with Crippen molar-refractivity contribution < 1.29 is 14.3 Å². The fourth-order valence-electron chi connectivity index (χ4n) is 4.23. The first kappa shape index (κ1) is 22.0. The molecule has 0 bridgehead atoms. The van der Waals surface area contributed by atoms with Crippen LogP contribution < -0.4 is 5.32 Å². The summed E-state index contributed by atoms with van der Waals surface area (Å²) in [7, 11) is 0. The zero-order chi connectivity index (χ0) is 20.5. The van der Waals surface area contributed by atoms with Crippen LogP contribution in [-0.4, -0.2) is 71.2 Å². The van der Waals surface area contributed by atoms with Crippen molar-refractivity contribution in [3.05, 3.63) is 30.5 Å². The van der Waals surface area contributed by atoms with Gasteiger partial charge in [0.15, 0.2) is 5.69 Å². The molecule has 1 saturated heterocycles. The van der Waals surface area contributed by atoms with Gasteiger partial charge in [-0.05, 0) is 31.6 Å². The Bertz CT molecular complexity index is 634. The monoisotopic (exact) mass is 404 g/mol. The highest BCUT2D eigenvalue weighted by Gasteiger charge is 2.21. The van der Waals surface area contributed by atoms with E-state index in [9.17, 15) is 9.90 Å². The molecule has 3 rings (SSSR count). The Balaban J connectivity index is 1.36. The number of nitrogens with zero attached hydrogens (tertiary/aromatic N) is 3. The van der Waals surface area contributed by atoms with E-state index in [1.807, 2.05) is 6.08 Å². The summed E-state index contributed by atoms with van der Waals surface area (Å²) >= 11 is 0. The molecule has 1 saturated carbocycles. The van der Waals surface area contributed by atoms with Crippen LogP contribution in [0.4, 0.5) is 0 Å². The Hall–Kier alpha value is -1.70. The largest absolute Gasteiger partial charge is 0.447 e. The minimum atomic E-state index is -0.291. The van der Waals surface area contributed by atoms with E-state index in [1.54, 1.807) is 0 Å². The number of nitrogens with one attached hydrogen (secondary N) is 1. The quantitative estimate of drug-likeness (QED) is 0.583. The average molecular weight is 405 g/mol. The van der Waals surface area contributed by atoms with Gasteiger partial charge in [0.1, 0.15) is 6.26 Å². The molecule has 2 N–H and O–H groups in total. The molecule has 1 aromatic heterocycles. The minimum absolute atomic E-state index is 0.135. The number of rotatable bonds is 10. The summed E-state index contributed by atoms with van der Waals surface area (Å²) in [5.74, 6) is 1.06. The molecule has 2 fully saturated rings. The van der Waals surface area contributed by atoms with Crippen molar-refractivity contribution in [2.45, 2.75) is 57.6 Å². The van der Waals surface area contributed by atoms with Gasteiger partial charge < -0.3 is 14.8 Å². The van der Waals surface area contributed by atoms with E-state index in [-0.39, 0.29) is 12.0 Å².